The fraction of sp³-hybridized carbons (Fsp3) is 0.556. The van der Waals surface area contributed by atoms with Crippen molar-refractivity contribution in [3.63, 3.8) is 0 Å². The third-order valence-electron chi connectivity index (χ3n) is 4.60. The summed E-state index contributed by atoms with van der Waals surface area (Å²) in [6, 6.07) is 3.66. The number of aryl methyl sites for hydroxylation is 1. The van der Waals surface area contributed by atoms with Gasteiger partial charge in [0.2, 0.25) is 0 Å². The predicted octanol–water partition coefficient (Wildman–Crippen LogP) is 2.66. The molecule has 0 aliphatic carbocycles. The average Bonchev–Trinajstić information content (AvgIpc) is 3.24. The monoisotopic (exact) mass is 330 g/mol. The molecule has 2 aromatic heterocycles. The Labute approximate surface area is 142 Å². The van der Waals surface area contributed by atoms with Crippen LogP contribution in [0.15, 0.2) is 28.9 Å². The Hall–Kier alpha value is -2.08. The lowest BCUT2D eigenvalue weighted by molar-refractivity contribution is 0.0917. The summed E-state index contributed by atoms with van der Waals surface area (Å²) < 4.78 is 7.55. The molecule has 0 atom stereocenters. The summed E-state index contributed by atoms with van der Waals surface area (Å²) in [5, 5.41) is 7.07. The Balaban J connectivity index is 1.49. The molecule has 2 aromatic rings. The maximum atomic E-state index is 12.2. The first-order chi connectivity index (χ1) is 11.6. The lowest BCUT2D eigenvalue weighted by Gasteiger charge is -2.29. The normalized spacial score (nSPS) is 16.4. The molecule has 0 unspecified atom stereocenters. The molecule has 1 fully saturated rings. The van der Waals surface area contributed by atoms with Crippen LogP contribution < -0.4 is 5.32 Å². The van der Waals surface area contributed by atoms with Crippen LogP contribution in [0, 0.1) is 5.92 Å². The van der Waals surface area contributed by atoms with E-state index in [1.54, 1.807) is 12.3 Å². The number of nitrogens with zero attached hydrogens (tertiary/aromatic N) is 3. The quantitative estimate of drug-likeness (QED) is 0.884. The van der Waals surface area contributed by atoms with Crippen molar-refractivity contribution in [2.75, 3.05) is 13.1 Å². The summed E-state index contributed by atoms with van der Waals surface area (Å²) in [4.78, 5) is 14.6. The van der Waals surface area contributed by atoms with Crippen molar-refractivity contribution in [3.8, 4) is 0 Å². The minimum atomic E-state index is -0.183. The molecule has 1 N–H and O–H groups in total. The SMILES string of the molecule is CCn1cc(CNC(=O)c2ccc(CN3CCC(C)CC3)o2)cn1. The molecule has 1 aliphatic rings. The van der Waals surface area contributed by atoms with Crippen molar-refractivity contribution >= 4 is 5.91 Å². The Morgan fingerprint density at radius 1 is 1.38 bits per heavy atom. The van der Waals surface area contributed by atoms with Gasteiger partial charge in [-0.3, -0.25) is 14.4 Å². The molecule has 0 bridgehead atoms. The number of carbonyl (C=O) groups excluding carboxylic acids is 1. The van der Waals surface area contributed by atoms with Gasteiger partial charge in [-0.25, -0.2) is 0 Å². The summed E-state index contributed by atoms with van der Waals surface area (Å²) in [5.41, 5.74) is 0.986. The second-order valence-electron chi connectivity index (χ2n) is 6.61. The Morgan fingerprint density at radius 2 is 2.17 bits per heavy atom. The topological polar surface area (TPSA) is 63.3 Å². The van der Waals surface area contributed by atoms with Crippen LogP contribution >= 0.6 is 0 Å². The molecular formula is C18H26N4O2. The van der Waals surface area contributed by atoms with Gasteiger partial charge in [0.05, 0.1) is 12.7 Å². The summed E-state index contributed by atoms with van der Waals surface area (Å²) in [6.45, 7) is 8.60. The summed E-state index contributed by atoms with van der Waals surface area (Å²) in [6.07, 6.45) is 6.18. The fourth-order valence-electron chi connectivity index (χ4n) is 2.97. The number of aromatic nitrogens is 2. The maximum absolute atomic E-state index is 12.2. The number of amides is 1. The number of hydrogen-bond acceptors (Lipinski definition) is 4. The van der Waals surface area contributed by atoms with E-state index in [9.17, 15) is 4.79 Å². The van der Waals surface area contributed by atoms with E-state index in [-0.39, 0.29) is 5.91 Å². The first kappa shape index (κ1) is 16.8. The van der Waals surface area contributed by atoms with E-state index >= 15 is 0 Å². The van der Waals surface area contributed by atoms with Gasteiger partial charge in [-0.2, -0.15) is 5.10 Å². The Bertz CT molecular complexity index is 668. The molecule has 0 aromatic carbocycles. The molecule has 24 heavy (non-hydrogen) atoms. The van der Waals surface area contributed by atoms with Gasteiger partial charge in [-0.1, -0.05) is 6.92 Å². The highest BCUT2D eigenvalue weighted by Gasteiger charge is 2.18. The van der Waals surface area contributed by atoms with Crippen LogP contribution in [0.1, 0.15) is 48.6 Å². The highest BCUT2D eigenvalue weighted by atomic mass is 16.4. The van der Waals surface area contributed by atoms with Gasteiger partial charge < -0.3 is 9.73 Å². The molecule has 1 saturated heterocycles. The van der Waals surface area contributed by atoms with Crippen LogP contribution in [0.2, 0.25) is 0 Å². The molecule has 3 rings (SSSR count). The van der Waals surface area contributed by atoms with E-state index in [1.165, 1.54) is 12.8 Å². The number of nitrogens with one attached hydrogen (secondary N) is 1. The molecule has 6 heteroatoms. The van der Waals surface area contributed by atoms with Crippen molar-refractivity contribution in [1.82, 2.24) is 20.0 Å². The number of furan rings is 1. The van der Waals surface area contributed by atoms with E-state index < -0.39 is 0 Å². The van der Waals surface area contributed by atoms with Gasteiger partial charge in [0.25, 0.3) is 5.91 Å². The highest BCUT2D eigenvalue weighted by Crippen LogP contribution is 2.19. The largest absolute Gasteiger partial charge is 0.455 e. The van der Waals surface area contributed by atoms with Crippen LogP contribution in [0.4, 0.5) is 0 Å². The van der Waals surface area contributed by atoms with Crippen molar-refractivity contribution in [1.29, 1.82) is 0 Å². The smallest absolute Gasteiger partial charge is 0.287 e. The second-order valence-corrected chi connectivity index (χ2v) is 6.61. The van der Waals surface area contributed by atoms with Crippen LogP contribution in [-0.2, 0) is 19.6 Å². The van der Waals surface area contributed by atoms with Crippen molar-refractivity contribution in [2.24, 2.45) is 5.92 Å². The number of piperidine rings is 1. The zero-order valence-corrected chi connectivity index (χ0v) is 14.5. The third kappa shape index (κ3) is 4.26. The molecule has 6 nitrogen and oxygen atoms in total. The van der Waals surface area contributed by atoms with Crippen LogP contribution in [-0.4, -0.2) is 33.7 Å². The van der Waals surface area contributed by atoms with Crippen LogP contribution in [0.5, 0.6) is 0 Å². The first-order valence-corrected chi connectivity index (χ1v) is 8.74. The van der Waals surface area contributed by atoms with Gasteiger partial charge in [0.15, 0.2) is 5.76 Å². The van der Waals surface area contributed by atoms with E-state index in [2.05, 4.69) is 22.2 Å². The number of likely N-dealkylation sites (tertiary alicyclic amines) is 1. The molecule has 1 amide bonds. The van der Waals surface area contributed by atoms with Crippen LogP contribution in [0.25, 0.3) is 0 Å². The van der Waals surface area contributed by atoms with Crippen molar-refractivity contribution in [3.05, 3.63) is 41.6 Å². The standard InChI is InChI=1S/C18H26N4O2/c1-3-22-12-15(11-20-22)10-19-18(23)17-5-4-16(24-17)13-21-8-6-14(2)7-9-21/h4-5,11-12,14H,3,6-10,13H2,1-2H3,(H,19,23). The molecule has 0 radical (unpaired) electrons. The number of hydrogen-bond donors (Lipinski definition) is 1. The minimum absolute atomic E-state index is 0.183. The Morgan fingerprint density at radius 3 is 2.88 bits per heavy atom. The van der Waals surface area contributed by atoms with Gasteiger partial charge in [-0.15, -0.1) is 0 Å². The molecule has 130 valence electrons. The fourth-order valence-corrected chi connectivity index (χ4v) is 2.97. The molecule has 0 saturated carbocycles. The molecule has 0 spiro atoms. The Kier molecular flexibility index (Phi) is 5.35. The van der Waals surface area contributed by atoms with Crippen LogP contribution in [0.3, 0.4) is 0 Å². The average molecular weight is 330 g/mol. The van der Waals surface area contributed by atoms with E-state index in [4.69, 9.17) is 4.42 Å². The zero-order valence-electron chi connectivity index (χ0n) is 14.5. The predicted molar refractivity (Wildman–Crippen MR) is 91.5 cm³/mol. The van der Waals surface area contributed by atoms with Gasteiger partial charge in [0.1, 0.15) is 5.76 Å². The van der Waals surface area contributed by atoms with E-state index in [0.717, 1.165) is 43.4 Å². The van der Waals surface area contributed by atoms with Gasteiger partial charge in [0, 0.05) is 24.8 Å². The maximum Gasteiger partial charge on any atom is 0.287 e. The summed E-state index contributed by atoms with van der Waals surface area (Å²) in [7, 11) is 0. The van der Waals surface area contributed by atoms with Gasteiger partial charge >= 0.3 is 0 Å². The third-order valence-corrected chi connectivity index (χ3v) is 4.60. The van der Waals surface area contributed by atoms with Gasteiger partial charge in [-0.05, 0) is 50.9 Å². The second kappa shape index (κ2) is 7.66. The van der Waals surface area contributed by atoms with Crippen molar-refractivity contribution < 1.29 is 9.21 Å². The zero-order chi connectivity index (χ0) is 16.9. The number of carbonyl (C=O) groups is 1. The van der Waals surface area contributed by atoms with Crippen molar-refractivity contribution in [2.45, 2.75) is 46.3 Å². The highest BCUT2D eigenvalue weighted by molar-refractivity contribution is 5.91. The molecule has 1 aliphatic heterocycles. The summed E-state index contributed by atoms with van der Waals surface area (Å²) in [5.74, 6) is 1.86. The minimum Gasteiger partial charge on any atom is -0.455 e. The first-order valence-electron chi connectivity index (χ1n) is 8.74. The lowest BCUT2D eigenvalue weighted by atomic mass is 9.99. The van der Waals surface area contributed by atoms with E-state index in [1.807, 2.05) is 23.9 Å². The number of rotatable bonds is 6. The van der Waals surface area contributed by atoms with E-state index in [0.29, 0.717) is 12.3 Å². The lowest BCUT2D eigenvalue weighted by Crippen LogP contribution is -2.32. The molecular weight excluding hydrogens is 304 g/mol. The summed E-state index contributed by atoms with van der Waals surface area (Å²) >= 11 is 0. The molecule has 3 heterocycles.